The number of aryl methyl sites for hydroxylation is 1. The molecule has 1 rings (SSSR count). The molecule has 1 unspecified atom stereocenters. The van der Waals surface area contributed by atoms with E-state index in [1.54, 1.807) is 0 Å². The summed E-state index contributed by atoms with van der Waals surface area (Å²) in [6, 6.07) is 10.6. The van der Waals surface area contributed by atoms with Gasteiger partial charge in [-0.2, -0.15) is 0 Å². The summed E-state index contributed by atoms with van der Waals surface area (Å²) in [6.07, 6.45) is 12.5. The largest absolute Gasteiger partial charge is 0.352 e. The second kappa shape index (κ2) is 9.88. The summed E-state index contributed by atoms with van der Waals surface area (Å²) in [6.45, 7) is 11.3. The molecule has 0 saturated heterocycles. The molecule has 1 aromatic rings. The van der Waals surface area contributed by atoms with Gasteiger partial charge in [-0.15, -0.1) is 12.3 Å². The van der Waals surface area contributed by atoms with Crippen molar-refractivity contribution in [3.05, 3.63) is 61.0 Å². The third-order valence-electron chi connectivity index (χ3n) is 3.84. The third-order valence-corrected chi connectivity index (χ3v) is 3.84. The van der Waals surface area contributed by atoms with Crippen LogP contribution in [0.4, 0.5) is 0 Å². The highest BCUT2D eigenvalue weighted by atomic mass is 15.1. The second-order valence-corrected chi connectivity index (χ2v) is 5.45. The van der Waals surface area contributed by atoms with E-state index in [9.17, 15) is 0 Å². The molecular weight excluding hydrogens is 254 g/mol. The highest BCUT2D eigenvalue weighted by molar-refractivity contribution is 5.14. The third kappa shape index (κ3) is 6.36. The van der Waals surface area contributed by atoms with Crippen LogP contribution in [0.3, 0.4) is 0 Å². The smallest absolute Gasteiger partial charge is 0.0221 e. The molecule has 0 heterocycles. The van der Waals surface area contributed by atoms with Gasteiger partial charge in [-0.1, -0.05) is 50.4 Å². The molecule has 0 amide bonds. The van der Waals surface area contributed by atoms with Crippen LogP contribution in [-0.4, -0.2) is 11.4 Å². The molecule has 0 bridgehead atoms. The molecule has 112 valence electrons. The first-order valence-electron chi connectivity index (χ1n) is 7.74. The van der Waals surface area contributed by atoms with Crippen LogP contribution in [-0.2, 0) is 6.42 Å². The summed E-state index contributed by atoms with van der Waals surface area (Å²) in [5.41, 5.74) is 2.53. The van der Waals surface area contributed by atoms with E-state index in [1.807, 2.05) is 6.20 Å². The van der Waals surface area contributed by atoms with Crippen molar-refractivity contribution in [3.63, 3.8) is 0 Å². The van der Waals surface area contributed by atoms with Crippen LogP contribution < -0.4 is 0 Å². The molecule has 0 aliphatic carbocycles. The summed E-state index contributed by atoms with van der Waals surface area (Å²) < 4.78 is 0. The molecule has 1 heteroatoms. The van der Waals surface area contributed by atoms with Gasteiger partial charge in [-0.3, -0.25) is 0 Å². The van der Waals surface area contributed by atoms with E-state index in [0.717, 1.165) is 37.9 Å². The Balaban J connectivity index is 2.32. The quantitative estimate of drug-likeness (QED) is 0.430. The van der Waals surface area contributed by atoms with Crippen molar-refractivity contribution in [3.8, 4) is 12.3 Å². The number of nitrogens with zero attached hydrogens (tertiary/aromatic N) is 1. The normalized spacial score (nSPS) is 11.4. The molecule has 1 nitrogen and oxygen atoms in total. The van der Waals surface area contributed by atoms with Crippen molar-refractivity contribution in [2.75, 3.05) is 6.54 Å². The fourth-order valence-corrected chi connectivity index (χ4v) is 2.36. The molecule has 0 saturated carbocycles. The zero-order chi connectivity index (χ0) is 15.5. The second-order valence-electron chi connectivity index (χ2n) is 5.45. The summed E-state index contributed by atoms with van der Waals surface area (Å²) in [7, 11) is 0. The highest BCUT2D eigenvalue weighted by Crippen LogP contribution is 2.19. The number of allylic oxidation sites excluding steroid dienone is 1. The van der Waals surface area contributed by atoms with Crippen molar-refractivity contribution >= 4 is 0 Å². The van der Waals surface area contributed by atoms with Gasteiger partial charge < -0.3 is 4.90 Å². The predicted octanol–water partition coefficient (Wildman–Crippen LogP) is 5.02. The lowest BCUT2D eigenvalue weighted by Gasteiger charge is -2.26. The number of rotatable bonds is 10. The summed E-state index contributed by atoms with van der Waals surface area (Å²) in [4.78, 5) is 2.17. The lowest BCUT2D eigenvalue weighted by Crippen LogP contribution is -2.21. The Morgan fingerprint density at radius 2 is 2.05 bits per heavy atom. The molecule has 0 fully saturated rings. The van der Waals surface area contributed by atoms with Crippen LogP contribution in [0.1, 0.15) is 38.2 Å². The van der Waals surface area contributed by atoms with Gasteiger partial charge >= 0.3 is 0 Å². The first-order chi connectivity index (χ1) is 10.2. The molecular formula is C20H27N. The fourth-order valence-electron chi connectivity index (χ4n) is 2.36. The van der Waals surface area contributed by atoms with Crippen LogP contribution >= 0.6 is 0 Å². The van der Waals surface area contributed by atoms with Gasteiger partial charge in [-0.25, -0.2) is 0 Å². The molecule has 1 atom stereocenters. The zero-order valence-electron chi connectivity index (χ0n) is 13.2. The summed E-state index contributed by atoms with van der Waals surface area (Å²) in [5.74, 6) is 3.11. The number of benzene rings is 1. The van der Waals surface area contributed by atoms with E-state index in [1.165, 1.54) is 12.0 Å². The maximum atomic E-state index is 5.33. The lowest BCUT2D eigenvalue weighted by atomic mass is 10.0. The molecule has 0 spiro atoms. The number of terminal acetylenes is 1. The van der Waals surface area contributed by atoms with Gasteiger partial charge in [-0.05, 0) is 43.4 Å². The topological polar surface area (TPSA) is 3.24 Å². The number of hydrogen-bond acceptors (Lipinski definition) is 1. The van der Waals surface area contributed by atoms with Crippen LogP contribution in [0.25, 0.3) is 0 Å². The fraction of sp³-hybridized carbons (Fsp3) is 0.400. The van der Waals surface area contributed by atoms with Gasteiger partial charge in [0, 0.05) is 18.7 Å². The molecule has 1 aromatic carbocycles. The minimum atomic E-state index is 0.410. The highest BCUT2D eigenvalue weighted by Gasteiger charge is 2.11. The van der Waals surface area contributed by atoms with Crippen LogP contribution in [0.2, 0.25) is 0 Å². The zero-order valence-corrected chi connectivity index (χ0v) is 13.2. The van der Waals surface area contributed by atoms with Crippen molar-refractivity contribution in [2.45, 2.75) is 39.0 Å². The molecule has 21 heavy (non-hydrogen) atoms. The van der Waals surface area contributed by atoms with Crippen molar-refractivity contribution in [1.82, 2.24) is 4.90 Å². The van der Waals surface area contributed by atoms with Gasteiger partial charge in [0.15, 0.2) is 0 Å². The Hall–Kier alpha value is -1.94. The minimum absolute atomic E-state index is 0.410. The lowest BCUT2D eigenvalue weighted by molar-refractivity contribution is 0.386. The summed E-state index contributed by atoms with van der Waals surface area (Å²) in [5, 5.41) is 0. The van der Waals surface area contributed by atoms with Crippen LogP contribution in [0.5, 0.6) is 0 Å². The monoisotopic (exact) mass is 281 g/mol. The maximum absolute atomic E-state index is 5.33. The van der Waals surface area contributed by atoms with Crippen LogP contribution in [0, 0.1) is 18.3 Å². The van der Waals surface area contributed by atoms with Crippen molar-refractivity contribution < 1.29 is 0 Å². The molecule has 0 N–H and O–H groups in total. The minimum Gasteiger partial charge on any atom is -0.352 e. The SMILES string of the molecule is C#CCCC(C)C(=C)N(C=C)CCCCc1ccccc1. The molecule has 0 aliphatic rings. The van der Waals surface area contributed by atoms with E-state index >= 15 is 0 Å². The average molecular weight is 281 g/mol. The van der Waals surface area contributed by atoms with Gasteiger partial charge in [0.1, 0.15) is 0 Å². The number of hydrogen-bond donors (Lipinski definition) is 0. The number of unbranched alkanes of at least 4 members (excludes halogenated alkanes) is 1. The average Bonchev–Trinajstić information content (AvgIpc) is 2.53. The van der Waals surface area contributed by atoms with E-state index in [4.69, 9.17) is 6.42 Å². The molecule has 0 radical (unpaired) electrons. The van der Waals surface area contributed by atoms with Crippen molar-refractivity contribution in [1.29, 1.82) is 0 Å². The first-order valence-corrected chi connectivity index (χ1v) is 7.74. The van der Waals surface area contributed by atoms with Crippen molar-refractivity contribution in [2.24, 2.45) is 5.92 Å². The Morgan fingerprint density at radius 3 is 2.67 bits per heavy atom. The molecule has 0 aromatic heterocycles. The Bertz CT molecular complexity index is 466. The Labute approximate surface area is 130 Å². The van der Waals surface area contributed by atoms with Gasteiger partial charge in [0.05, 0.1) is 0 Å². The van der Waals surface area contributed by atoms with Crippen LogP contribution in [0.15, 0.2) is 55.4 Å². The summed E-state index contributed by atoms with van der Waals surface area (Å²) >= 11 is 0. The van der Waals surface area contributed by atoms with Gasteiger partial charge in [0.2, 0.25) is 0 Å². The standard InChI is InChI=1S/C20H27N/c1-5-7-13-18(3)19(4)21(6-2)17-12-11-16-20-14-9-8-10-15-20/h1,6,8-10,14-15,18H,2,4,7,11-13,16-17H2,3H3. The predicted molar refractivity (Wildman–Crippen MR) is 92.7 cm³/mol. The van der Waals surface area contributed by atoms with Gasteiger partial charge in [0.25, 0.3) is 0 Å². The molecule has 0 aliphatic heterocycles. The first kappa shape index (κ1) is 17.1. The van der Waals surface area contributed by atoms with E-state index in [2.05, 4.69) is 61.2 Å². The Morgan fingerprint density at radius 1 is 1.33 bits per heavy atom. The Kier molecular flexibility index (Phi) is 8.05. The maximum Gasteiger partial charge on any atom is 0.0221 e. The van der Waals surface area contributed by atoms with E-state index in [-0.39, 0.29) is 0 Å². The van der Waals surface area contributed by atoms with E-state index < -0.39 is 0 Å². The van der Waals surface area contributed by atoms with E-state index in [0.29, 0.717) is 5.92 Å².